The maximum Gasteiger partial charge on any atom is 0.184 e. The first-order valence-electron chi connectivity index (χ1n) is 5.24. The second-order valence-corrected chi connectivity index (χ2v) is 3.53. The molecule has 1 saturated heterocycles. The number of carbonyl (C=O) groups is 1. The van der Waals surface area contributed by atoms with Crippen molar-refractivity contribution in [2.24, 2.45) is 0 Å². The summed E-state index contributed by atoms with van der Waals surface area (Å²) >= 11 is 0. The average molecular weight is 238 g/mol. The SMILES string of the molecule is COc1cc(C2OCCO2)cc(OC)c1C=O. The van der Waals surface area contributed by atoms with Crippen LogP contribution in [0.2, 0.25) is 0 Å². The van der Waals surface area contributed by atoms with Crippen molar-refractivity contribution in [2.75, 3.05) is 27.4 Å². The van der Waals surface area contributed by atoms with E-state index < -0.39 is 6.29 Å². The minimum absolute atomic E-state index is 0.386. The first-order valence-corrected chi connectivity index (χ1v) is 5.24. The van der Waals surface area contributed by atoms with Crippen molar-refractivity contribution in [3.8, 4) is 11.5 Å². The van der Waals surface area contributed by atoms with Crippen LogP contribution >= 0.6 is 0 Å². The van der Waals surface area contributed by atoms with Crippen LogP contribution in [0.15, 0.2) is 12.1 Å². The zero-order valence-corrected chi connectivity index (χ0v) is 9.76. The van der Waals surface area contributed by atoms with Crippen molar-refractivity contribution in [3.05, 3.63) is 23.3 Å². The van der Waals surface area contributed by atoms with Crippen molar-refractivity contribution in [1.29, 1.82) is 0 Å². The summed E-state index contributed by atoms with van der Waals surface area (Å²) in [5, 5.41) is 0. The molecule has 1 aromatic rings. The monoisotopic (exact) mass is 238 g/mol. The Bertz CT molecular complexity index is 384. The first kappa shape index (κ1) is 11.9. The summed E-state index contributed by atoms with van der Waals surface area (Å²) in [6.07, 6.45) is 0.288. The lowest BCUT2D eigenvalue weighted by atomic mass is 10.1. The van der Waals surface area contributed by atoms with Crippen molar-refractivity contribution >= 4 is 6.29 Å². The summed E-state index contributed by atoms with van der Waals surface area (Å²) in [6, 6.07) is 3.45. The van der Waals surface area contributed by atoms with Crippen molar-refractivity contribution < 1.29 is 23.7 Å². The highest BCUT2D eigenvalue weighted by molar-refractivity contribution is 5.84. The number of rotatable bonds is 4. The van der Waals surface area contributed by atoms with E-state index >= 15 is 0 Å². The summed E-state index contributed by atoms with van der Waals surface area (Å²) in [6.45, 7) is 1.12. The van der Waals surface area contributed by atoms with Crippen LogP contribution in [0.3, 0.4) is 0 Å². The van der Waals surface area contributed by atoms with Gasteiger partial charge >= 0.3 is 0 Å². The molecule has 5 nitrogen and oxygen atoms in total. The molecule has 0 N–H and O–H groups in total. The molecular formula is C12H14O5. The third kappa shape index (κ3) is 2.25. The molecule has 1 fully saturated rings. The number of carbonyl (C=O) groups excluding carboxylic acids is 1. The van der Waals surface area contributed by atoms with Gasteiger partial charge in [-0.15, -0.1) is 0 Å². The predicted molar refractivity (Wildman–Crippen MR) is 59.6 cm³/mol. The summed E-state index contributed by atoms with van der Waals surface area (Å²) in [7, 11) is 3.00. The van der Waals surface area contributed by atoms with Crippen LogP contribution in [0.5, 0.6) is 11.5 Å². The van der Waals surface area contributed by atoms with Crippen LogP contribution in [-0.2, 0) is 9.47 Å². The lowest BCUT2D eigenvalue weighted by molar-refractivity contribution is -0.0443. The van der Waals surface area contributed by atoms with Crippen molar-refractivity contribution in [2.45, 2.75) is 6.29 Å². The molecule has 1 aliphatic rings. The Morgan fingerprint density at radius 3 is 2.12 bits per heavy atom. The van der Waals surface area contributed by atoms with Gasteiger partial charge in [-0.2, -0.15) is 0 Å². The minimum atomic E-state index is -0.418. The fourth-order valence-electron chi connectivity index (χ4n) is 1.76. The topological polar surface area (TPSA) is 54.0 Å². The van der Waals surface area contributed by atoms with Crippen LogP contribution in [-0.4, -0.2) is 33.7 Å². The lowest BCUT2D eigenvalue weighted by Gasteiger charge is -2.14. The smallest absolute Gasteiger partial charge is 0.184 e. The zero-order chi connectivity index (χ0) is 12.3. The minimum Gasteiger partial charge on any atom is -0.496 e. The van der Waals surface area contributed by atoms with E-state index in [4.69, 9.17) is 18.9 Å². The van der Waals surface area contributed by atoms with Gasteiger partial charge in [-0.25, -0.2) is 0 Å². The molecule has 1 heterocycles. The number of aldehydes is 1. The second kappa shape index (κ2) is 5.16. The van der Waals surface area contributed by atoms with Gasteiger partial charge in [-0.05, 0) is 12.1 Å². The fourth-order valence-corrected chi connectivity index (χ4v) is 1.76. The molecule has 0 radical (unpaired) electrons. The molecule has 0 atom stereocenters. The molecule has 0 spiro atoms. The number of benzene rings is 1. The Balaban J connectivity index is 2.43. The molecule has 0 aliphatic carbocycles. The van der Waals surface area contributed by atoms with Crippen molar-refractivity contribution in [1.82, 2.24) is 0 Å². The maximum atomic E-state index is 11.0. The molecule has 17 heavy (non-hydrogen) atoms. The standard InChI is InChI=1S/C12H14O5/c1-14-10-5-8(12-16-3-4-17-12)6-11(15-2)9(10)7-13/h5-7,12H,3-4H2,1-2H3. The normalized spacial score (nSPS) is 15.9. The molecule has 0 saturated carbocycles. The van der Waals surface area contributed by atoms with Gasteiger partial charge in [0.2, 0.25) is 0 Å². The third-order valence-electron chi connectivity index (χ3n) is 2.58. The molecular weight excluding hydrogens is 224 g/mol. The lowest BCUT2D eigenvalue weighted by Crippen LogP contribution is -2.02. The summed E-state index contributed by atoms with van der Waals surface area (Å²) < 4.78 is 21.1. The Morgan fingerprint density at radius 2 is 1.71 bits per heavy atom. The predicted octanol–water partition coefficient (Wildman–Crippen LogP) is 1.56. The van der Waals surface area contributed by atoms with Crippen molar-refractivity contribution in [3.63, 3.8) is 0 Å². The quantitative estimate of drug-likeness (QED) is 0.745. The number of hydrogen-bond donors (Lipinski definition) is 0. The van der Waals surface area contributed by atoms with E-state index in [1.165, 1.54) is 14.2 Å². The van der Waals surface area contributed by atoms with Crippen LogP contribution in [0.25, 0.3) is 0 Å². The Labute approximate surface area is 99.2 Å². The molecule has 1 aliphatic heterocycles. The third-order valence-corrected chi connectivity index (χ3v) is 2.58. The van der Waals surface area contributed by atoms with E-state index in [-0.39, 0.29) is 0 Å². The largest absolute Gasteiger partial charge is 0.496 e. The van der Waals surface area contributed by atoms with E-state index in [0.29, 0.717) is 36.6 Å². The Hall–Kier alpha value is -1.59. The molecule has 0 aromatic heterocycles. The van der Waals surface area contributed by atoms with Gasteiger partial charge in [-0.1, -0.05) is 0 Å². The van der Waals surface area contributed by atoms with Gasteiger partial charge < -0.3 is 18.9 Å². The molecule has 0 unspecified atom stereocenters. The summed E-state index contributed by atoms with van der Waals surface area (Å²) in [5.74, 6) is 0.905. The van der Waals surface area contributed by atoms with Crippen LogP contribution < -0.4 is 9.47 Å². The van der Waals surface area contributed by atoms with Gasteiger partial charge in [0, 0.05) is 5.56 Å². The molecule has 1 aromatic carbocycles. The molecule has 2 rings (SSSR count). The summed E-state index contributed by atoms with van der Waals surface area (Å²) in [4.78, 5) is 11.0. The highest BCUT2D eigenvalue weighted by atomic mass is 16.7. The second-order valence-electron chi connectivity index (χ2n) is 3.53. The van der Waals surface area contributed by atoms with Gasteiger partial charge in [0.15, 0.2) is 12.6 Å². The zero-order valence-electron chi connectivity index (χ0n) is 9.76. The van der Waals surface area contributed by atoms with Crippen LogP contribution in [0.1, 0.15) is 22.2 Å². The van der Waals surface area contributed by atoms with E-state index in [2.05, 4.69) is 0 Å². The summed E-state index contributed by atoms with van der Waals surface area (Å²) in [5.41, 5.74) is 1.17. The van der Waals surface area contributed by atoms with E-state index in [1.807, 2.05) is 0 Å². The van der Waals surface area contributed by atoms with Gasteiger partial charge in [0.05, 0.1) is 33.0 Å². The van der Waals surface area contributed by atoms with E-state index in [1.54, 1.807) is 12.1 Å². The average Bonchev–Trinajstić information content (AvgIpc) is 2.90. The number of methoxy groups -OCH3 is 2. The van der Waals surface area contributed by atoms with Crippen LogP contribution in [0, 0.1) is 0 Å². The molecule has 0 bridgehead atoms. The van der Waals surface area contributed by atoms with E-state index in [9.17, 15) is 4.79 Å². The van der Waals surface area contributed by atoms with Crippen LogP contribution in [0.4, 0.5) is 0 Å². The van der Waals surface area contributed by atoms with Gasteiger partial charge in [0.1, 0.15) is 11.5 Å². The van der Waals surface area contributed by atoms with Gasteiger partial charge in [-0.3, -0.25) is 4.79 Å². The molecule has 5 heteroatoms. The Morgan fingerprint density at radius 1 is 1.18 bits per heavy atom. The number of ether oxygens (including phenoxy) is 4. The van der Waals surface area contributed by atoms with E-state index in [0.717, 1.165) is 5.56 Å². The highest BCUT2D eigenvalue weighted by Gasteiger charge is 2.22. The number of hydrogen-bond acceptors (Lipinski definition) is 5. The molecule has 0 amide bonds. The van der Waals surface area contributed by atoms with Gasteiger partial charge in [0.25, 0.3) is 0 Å². The fraction of sp³-hybridized carbons (Fsp3) is 0.417. The highest BCUT2D eigenvalue weighted by Crippen LogP contribution is 2.34. The molecule has 92 valence electrons. The maximum absolute atomic E-state index is 11.0. The first-order chi connectivity index (χ1) is 8.30. The Kier molecular flexibility index (Phi) is 3.61.